The highest BCUT2D eigenvalue weighted by molar-refractivity contribution is 6.03. The summed E-state index contributed by atoms with van der Waals surface area (Å²) >= 11 is 0. The van der Waals surface area contributed by atoms with E-state index in [-0.39, 0.29) is 11.9 Å². The number of ether oxygens (including phenoxy) is 3. The molecule has 0 saturated heterocycles. The van der Waals surface area contributed by atoms with Gasteiger partial charge in [0.2, 0.25) is 5.78 Å². The zero-order valence-corrected chi connectivity index (χ0v) is 10.3. The molecule has 0 aromatic heterocycles. The van der Waals surface area contributed by atoms with Gasteiger partial charge in [0.15, 0.2) is 0 Å². The van der Waals surface area contributed by atoms with Gasteiger partial charge in [-0.1, -0.05) is 12.8 Å². The second kappa shape index (κ2) is 4.61. The molecule has 1 atom stereocenters. The maximum Gasteiger partial charge on any atom is 0.265 e. The van der Waals surface area contributed by atoms with E-state index in [1.807, 2.05) is 0 Å². The quantitative estimate of drug-likeness (QED) is 0.824. The van der Waals surface area contributed by atoms with Crippen LogP contribution in [0.5, 0.6) is 11.5 Å². The van der Waals surface area contributed by atoms with E-state index < -0.39 is 6.29 Å². The van der Waals surface area contributed by atoms with Crippen LogP contribution in [0.3, 0.4) is 0 Å². The highest BCUT2D eigenvalue weighted by Gasteiger charge is 2.35. The minimum absolute atomic E-state index is 0.0837. The Labute approximate surface area is 106 Å². The molecule has 4 heteroatoms. The van der Waals surface area contributed by atoms with Crippen molar-refractivity contribution in [2.24, 2.45) is 0 Å². The van der Waals surface area contributed by atoms with Crippen molar-refractivity contribution in [3.63, 3.8) is 0 Å². The molecule has 0 spiro atoms. The van der Waals surface area contributed by atoms with Gasteiger partial charge >= 0.3 is 0 Å². The fourth-order valence-corrected chi connectivity index (χ4v) is 2.52. The summed E-state index contributed by atoms with van der Waals surface area (Å²) in [6, 6.07) is 5.22. The lowest BCUT2D eigenvalue weighted by Crippen LogP contribution is -2.28. The molecule has 1 unspecified atom stereocenters. The predicted octanol–water partition coefficient (Wildman–Crippen LogP) is 2.56. The summed E-state index contributed by atoms with van der Waals surface area (Å²) < 4.78 is 16.4. The van der Waals surface area contributed by atoms with Gasteiger partial charge in [-0.05, 0) is 25.0 Å². The van der Waals surface area contributed by atoms with E-state index in [9.17, 15) is 4.79 Å². The van der Waals surface area contributed by atoms with Crippen molar-refractivity contribution in [3.8, 4) is 11.5 Å². The van der Waals surface area contributed by atoms with Crippen LogP contribution < -0.4 is 9.47 Å². The Morgan fingerprint density at radius 3 is 2.78 bits per heavy atom. The van der Waals surface area contributed by atoms with Crippen LogP contribution in [0.25, 0.3) is 0 Å². The fourth-order valence-electron chi connectivity index (χ4n) is 2.52. The van der Waals surface area contributed by atoms with Crippen LogP contribution in [-0.2, 0) is 4.74 Å². The Morgan fingerprint density at radius 1 is 1.28 bits per heavy atom. The predicted molar refractivity (Wildman–Crippen MR) is 65.1 cm³/mol. The number of Topliss-reactive ketones (excluding diaryl/α,β-unsaturated/α-hetero) is 1. The smallest absolute Gasteiger partial charge is 0.265 e. The number of fused-ring (bicyclic) bond motifs is 1. The van der Waals surface area contributed by atoms with Crippen LogP contribution in [0.4, 0.5) is 0 Å². The molecule has 1 fully saturated rings. The number of rotatable bonds is 3. The van der Waals surface area contributed by atoms with E-state index in [1.165, 1.54) is 12.8 Å². The molecule has 3 rings (SSSR count). The van der Waals surface area contributed by atoms with Gasteiger partial charge in [0.1, 0.15) is 11.5 Å². The van der Waals surface area contributed by atoms with Crippen LogP contribution in [-0.4, -0.2) is 25.3 Å². The first-order chi connectivity index (χ1) is 8.78. The number of carbonyl (C=O) groups is 1. The Balaban J connectivity index is 1.75. The van der Waals surface area contributed by atoms with Crippen LogP contribution in [0.15, 0.2) is 18.2 Å². The molecule has 1 aromatic rings. The third-order valence-corrected chi connectivity index (χ3v) is 3.52. The monoisotopic (exact) mass is 248 g/mol. The number of hydrogen-bond acceptors (Lipinski definition) is 4. The highest BCUT2D eigenvalue weighted by Crippen LogP contribution is 2.34. The molecule has 1 aliphatic carbocycles. The molecule has 0 N–H and O–H groups in total. The lowest BCUT2D eigenvalue weighted by atomic mass is 10.1. The zero-order chi connectivity index (χ0) is 12.5. The summed E-state index contributed by atoms with van der Waals surface area (Å²) in [5.41, 5.74) is 0.582. The van der Waals surface area contributed by atoms with Gasteiger partial charge in [0.05, 0.1) is 18.8 Å². The number of methoxy groups -OCH3 is 1. The standard InChI is InChI=1S/C14H16O4/c1-16-10-6-7-11-12(8-10)18-14(13(11)15)17-9-4-2-3-5-9/h6-9,14H,2-5H2,1H3. The van der Waals surface area contributed by atoms with Gasteiger partial charge in [-0.25, -0.2) is 0 Å². The van der Waals surface area contributed by atoms with Crippen LogP contribution in [0, 0.1) is 0 Å². The first kappa shape index (κ1) is 11.5. The number of ketones is 1. The van der Waals surface area contributed by atoms with Crippen molar-refractivity contribution in [1.29, 1.82) is 0 Å². The molecule has 1 saturated carbocycles. The normalized spacial score (nSPS) is 22.9. The first-order valence-electron chi connectivity index (χ1n) is 6.32. The highest BCUT2D eigenvalue weighted by atomic mass is 16.7. The van der Waals surface area contributed by atoms with E-state index in [0.717, 1.165) is 12.8 Å². The summed E-state index contributed by atoms with van der Waals surface area (Å²) in [6.07, 6.45) is 3.78. The lowest BCUT2D eigenvalue weighted by Gasteiger charge is -2.15. The lowest BCUT2D eigenvalue weighted by molar-refractivity contribution is -0.0838. The number of benzene rings is 1. The van der Waals surface area contributed by atoms with E-state index in [4.69, 9.17) is 14.2 Å². The third-order valence-electron chi connectivity index (χ3n) is 3.52. The van der Waals surface area contributed by atoms with Crippen LogP contribution in [0.2, 0.25) is 0 Å². The SMILES string of the molecule is COc1ccc2c(c1)OC(OC1CCCC1)C2=O. The summed E-state index contributed by atoms with van der Waals surface area (Å²) in [6.45, 7) is 0. The van der Waals surface area contributed by atoms with E-state index >= 15 is 0 Å². The molecule has 2 aliphatic rings. The Bertz CT molecular complexity index is 463. The average Bonchev–Trinajstić information content (AvgIpc) is 2.99. The minimum atomic E-state index is -0.768. The molecular formula is C14H16O4. The van der Waals surface area contributed by atoms with Crippen molar-refractivity contribution in [2.75, 3.05) is 7.11 Å². The van der Waals surface area contributed by atoms with Gasteiger partial charge in [-0.2, -0.15) is 0 Å². The average molecular weight is 248 g/mol. The summed E-state index contributed by atoms with van der Waals surface area (Å²) in [7, 11) is 1.59. The second-order valence-corrected chi connectivity index (χ2v) is 4.72. The topological polar surface area (TPSA) is 44.8 Å². The molecule has 4 nitrogen and oxygen atoms in total. The van der Waals surface area contributed by atoms with E-state index in [2.05, 4.69) is 0 Å². The maximum absolute atomic E-state index is 12.1. The molecule has 1 aromatic carbocycles. The van der Waals surface area contributed by atoms with E-state index in [1.54, 1.807) is 25.3 Å². The Hall–Kier alpha value is -1.55. The summed E-state index contributed by atoms with van der Waals surface area (Å²) in [4.78, 5) is 12.1. The van der Waals surface area contributed by atoms with Crippen molar-refractivity contribution < 1.29 is 19.0 Å². The number of hydrogen-bond donors (Lipinski definition) is 0. The Kier molecular flexibility index (Phi) is 2.96. The van der Waals surface area contributed by atoms with Gasteiger partial charge < -0.3 is 14.2 Å². The van der Waals surface area contributed by atoms with Gasteiger partial charge in [0.25, 0.3) is 6.29 Å². The Morgan fingerprint density at radius 2 is 2.06 bits per heavy atom. The van der Waals surface area contributed by atoms with E-state index in [0.29, 0.717) is 17.1 Å². The maximum atomic E-state index is 12.1. The molecule has 0 amide bonds. The molecule has 1 heterocycles. The third kappa shape index (κ3) is 1.97. The summed E-state index contributed by atoms with van der Waals surface area (Å²) in [5.74, 6) is 1.16. The van der Waals surface area contributed by atoms with Crippen LogP contribution >= 0.6 is 0 Å². The largest absolute Gasteiger partial charge is 0.497 e. The molecule has 1 aliphatic heterocycles. The van der Waals surface area contributed by atoms with Crippen molar-refractivity contribution >= 4 is 5.78 Å². The van der Waals surface area contributed by atoms with Gasteiger partial charge in [-0.15, -0.1) is 0 Å². The van der Waals surface area contributed by atoms with Crippen molar-refractivity contribution in [1.82, 2.24) is 0 Å². The van der Waals surface area contributed by atoms with Crippen molar-refractivity contribution in [3.05, 3.63) is 23.8 Å². The first-order valence-corrected chi connectivity index (χ1v) is 6.32. The zero-order valence-electron chi connectivity index (χ0n) is 10.3. The molecular weight excluding hydrogens is 232 g/mol. The molecule has 0 radical (unpaired) electrons. The second-order valence-electron chi connectivity index (χ2n) is 4.72. The van der Waals surface area contributed by atoms with Crippen molar-refractivity contribution in [2.45, 2.75) is 38.1 Å². The number of carbonyl (C=O) groups excluding carboxylic acids is 1. The van der Waals surface area contributed by atoms with Gasteiger partial charge in [0, 0.05) is 6.07 Å². The van der Waals surface area contributed by atoms with Crippen LogP contribution in [0.1, 0.15) is 36.0 Å². The fraction of sp³-hybridized carbons (Fsp3) is 0.500. The molecule has 18 heavy (non-hydrogen) atoms. The summed E-state index contributed by atoms with van der Waals surface area (Å²) in [5, 5.41) is 0. The molecule has 96 valence electrons. The van der Waals surface area contributed by atoms with Gasteiger partial charge in [-0.3, -0.25) is 4.79 Å². The molecule has 0 bridgehead atoms. The minimum Gasteiger partial charge on any atom is -0.497 e.